The van der Waals surface area contributed by atoms with Gasteiger partial charge in [0.15, 0.2) is 5.84 Å². The molecule has 0 saturated heterocycles. The molecule has 0 unspecified atom stereocenters. The predicted molar refractivity (Wildman–Crippen MR) is 52.8 cm³/mol. The molecule has 0 saturated carbocycles. The zero-order valence-corrected chi connectivity index (χ0v) is 7.91. The summed E-state index contributed by atoms with van der Waals surface area (Å²) >= 11 is 0. The van der Waals surface area contributed by atoms with Gasteiger partial charge < -0.3 is 15.7 Å². The summed E-state index contributed by atoms with van der Waals surface area (Å²) in [4.78, 5) is 0. The van der Waals surface area contributed by atoms with E-state index in [-0.39, 0.29) is 18.2 Å². The van der Waals surface area contributed by atoms with E-state index in [1.54, 1.807) is 31.4 Å². The first-order valence-corrected chi connectivity index (χ1v) is 3.40. The molecule has 5 heteroatoms. The normalized spacial score (nSPS) is 10.4. The van der Waals surface area contributed by atoms with Gasteiger partial charge in [-0.15, -0.1) is 12.4 Å². The molecule has 0 bridgehead atoms. The molecule has 0 atom stereocenters. The van der Waals surface area contributed by atoms with E-state index in [0.717, 1.165) is 0 Å². The van der Waals surface area contributed by atoms with Crippen molar-refractivity contribution in [2.24, 2.45) is 10.9 Å². The van der Waals surface area contributed by atoms with Gasteiger partial charge in [-0.2, -0.15) is 0 Å². The molecule has 13 heavy (non-hydrogen) atoms. The zero-order chi connectivity index (χ0) is 8.97. The van der Waals surface area contributed by atoms with Crippen LogP contribution in [0.25, 0.3) is 0 Å². The molecule has 0 radical (unpaired) electrons. The average Bonchev–Trinajstić information content (AvgIpc) is 2.17. The van der Waals surface area contributed by atoms with E-state index in [1.165, 1.54) is 0 Å². The Morgan fingerprint density at radius 2 is 2.23 bits per heavy atom. The van der Waals surface area contributed by atoms with Crippen molar-refractivity contribution in [1.82, 2.24) is 0 Å². The summed E-state index contributed by atoms with van der Waals surface area (Å²) < 4.78 is 4.96. The van der Waals surface area contributed by atoms with Crippen LogP contribution in [-0.4, -0.2) is 18.2 Å². The van der Waals surface area contributed by atoms with E-state index < -0.39 is 0 Å². The molecule has 0 fully saturated rings. The number of nitrogens with zero attached hydrogens (tertiary/aromatic N) is 1. The topological polar surface area (TPSA) is 67.8 Å². The van der Waals surface area contributed by atoms with Gasteiger partial charge >= 0.3 is 0 Å². The second-order valence-corrected chi connectivity index (χ2v) is 2.22. The highest BCUT2D eigenvalue weighted by Gasteiger charge is 1.99. The van der Waals surface area contributed by atoms with Crippen molar-refractivity contribution in [1.29, 1.82) is 0 Å². The molecular formula is C8H11ClN2O2. The lowest BCUT2D eigenvalue weighted by Crippen LogP contribution is -2.12. The Morgan fingerprint density at radius 1 is 1.54 bits per heavy atom. The summed E-state index contributed by atoms with van der Waals surface area (Å²) in [5, 5.41) is 11.2. The molecule has 0 aliphatic carbocycles. The van der Waals surface area contributed by atoms with Crippen molar-refractivity contribution >= 4 is 18.2 Å². The molecular weight excluding hydrogens is 192 g/mol. The first kappa shape index (κ1) is 11.6. The van der Waals surface area contributed by atoms with Gasteiger partial charge in [0, 0.05) is 5.56 Å². The standard InChI is InChI=1S/C8H10N2O2.ClH/c1-12-7-4-2-3-6(5-7)8(9)10-11;/h2-5,11H,1H3,(H2,9,10);1H. The second kappa shape index (κ2) is 5.27. The minimum absolute atomic E-state index is 0. The number of amidine groups is 1. The van der Waals surface area contributed by atoms with Crippen molar-refractivity contribution in [2.75, 3.05) is 7.11 Å². The Labute approximate surface area is 82.4 Å². The third-order valence-corrected chi connectivity index (χ3v) is 1.47. The van der Waals surface area contributed by atoms with E-state index in [2.05, 4.69) is 5.16 Å². The van der Waals surface area contributed by atoms with E-state index in [9.17, 15) is 0 Å². The number of halogens is 1. The number of hydrogen-bond donors (Lipinski definition) is 2. The molecule has 0 aliphatic heterocycles. The number of oxime groups is 1. The molecule has 0 aromatic heterocycles. The number of methoxy groups -OCH3 is 1. The number of benzene rings is 1. The number of nitrogens with two attached hydrogens (primary N) is 1. The Hall–Kier alpha value is -1.42. The van der Waals surface area contributed by atoms with Crippen molar-refractivity contribution in [3.63, 3.8) is 0 Å². The van der Waals surface area contributed by atoms with E-state index in [0.29, 0.717) is 11.3 Å². The fraction of sp³-hybridized carbons (Fsp3) is 0.125. The van der Waals surface area contributed by atoms with Gasteiger partial charge in [0.05, 0.1) is 7.11 Å². The summed E-state index contributed by atoms with van der Waals surface area (Å²) in [6.45, 7) is 0. The highest BCUT2D eigenvalue weighted by molar-refractivity contribution is 5.97. The van der Waals surface area contributed by atoms with Crippen LogP contribution in [0.1, 0.15) is 5.56 Å². The maximum Gasteiger partial charge on any atom is 0.170 e. The van der Waals surface area contributed by atoms with Crippen molar-refractivity contribution < 1.29 is 9.94 Å². The molecule has 0 spiro atoms. The van der Waals surface area contributed by atoms with Crippen LogP contribution in [0.4, 0.5) is 0 Å². The highest BCUT2D eigenvalue weighted by atomic mass is 35.5. The first-order chi connectivity index (χ1) is 5.77. The van der Waals surface area contributed by atoms with Gasteiger partial charge in [-0.25, -0.2) is 0 Å². The van der Waals surface area contributed by atoms with Crippen molar-refractivity contribution in [3.8, 4) is 5.75 Å². The molecule has 72 valence electrons. The second-order valence-electron chi connectivity index (χ2n) is 2.22. The lowest BCUT2D eigenvalue weighted by atomic mass is 10.2. The molecule has 0 amide bonds. The number of rotatable bonds is 2. The molecule has 0 aliphatic rings. The summed E-state index contributed by atoms with van der Waals surface area (Å²) in [5.41, 5.74) is 6.00. The van der Waals surface area contributed by atoms with Crippen molar-refractivity contribution in [2.45, 2.75) is 0 Å². The first-order valence-electron chi connectivity index (χ1n) is 3.40. The quantitative estimate of drug-likeness (QED) is 0.328. The third-order valence-electron chi connectivity index (χ3n) is 1.47. The predicted octanol–water partition coefficient (Wildman–Crippen LogP) is 1.21. The SMILES string of the molecule is COc1cccc(/C(N)=N/O)c1.Cl. The summed E-state index contributed by atoms with van der Waals surface area (Å²) in [7, 11) is 1.56. The fourth-order valence-electron chi connectivity index (χ4n) is 0.840. The summed E-state index contributed by atoms with van der Waals surface area (Å²) in [6, 6.07) is 6.98. The van der Waals surface area contributed by atoms with Crippen LogP contribution in [0.15, 0.2) is 29.4 Å². The third kappa shape index (κ3) is 2.83. The minimum Gasteiger partial charge on any atom is -0.497 e. The molecule has 1 aromatic carbocycles. The van der Waals surface area contributed by atoms with Crippen LogP contribution in [0.2, 0.25) is 0 Å². The van der Waals surface area contributed by atoms with Crippen LogP contribution in [0, 0.1) is 0 Å². The molecule has 0 heterocycles. The van der Waals surface area contributed by atoms with Gasteiger partial charge in [0.1, 0.15) is 5.75 Å². The minimum atomic E-state index is 0. The maximum absolute atomic E-state index is 8.37. The van der Waals surface area contributed by atoms with Crippen LogP contribution < -0.4 is 10.5 Å². The van der Waals surface area contributed by atoms with Crippen LogP contribution in [0.3, 0.4) is 0 Å². The number of ether oxygens (including phenoxy) is 1. The lowest BCUT2D eigenvalue weighted by molar-refractivity contribution is 0.318. The fourth-order valence-corrected chi connectivity index (χ4v) is 0.840. The Balaban J connectivity index is 0.00000144. The largest absolute Gasteiger partial charge is 0.497 e. The lowest BCUT2D eigenvalue weighted by Gasteiger charge is -2.01. The van der Waals surface area contributed by atoms with E-state index >= 15 is 0 Å². The monoisotopic (exact) mass is 202 g/mol. The molecule has 4 nitrogen and oxygen atoms in total. The van der Waals surface area contributed by atoms with Gasteiger partial charge in [-0.3, -0.25) is 0 Å². The summed E-state index contributed by atoms with van der Waals surface area (Å²) in [6.07, 6.45) is 0. The van der Waals surface area contributed by atoms with Gasteiger partial charge in [0.25, 0.3) is 0 Å². The van der Waals surface area contributed by atoms with Crippen molar-refractivity contribution in [3.05, 3.63) is 29.8 Å². The Kier molecular flexibility index (Phi) is 4.69. The Bertz CT molecular complexity index is 302. The smallest absolute Gasteiger partial charge is 0.170 e. The van der Waals surface area contributed by atoms with Crippen LogP contribution >= 0.6 is 12.4 Å². The summed E-state index contributed by atoms with van der Waals surface area (Å²) in [5.74, 6) is 0.757. The van der Waals surface area contributed by atoms with E-state index in [4.69, 9.17) is 15.7 Å². The zero-order valence-electron chi connectivity index (χ0n) is 7.10. The molecule has 1 rings (SSSR count). The van der Waals surface area contributed by atoms with E-state index in [1.807, 2.05) is 0 Å². The van der Waals surface area contributed by atoms with Gasteiger partial charge in [-0.05, 0) is 12.1 Å². The molecule has 1 aromatic rings. The van der Waals surface area contributed by atoms with Gasteiger partial charge in [0.2, 0.25) is 0 Å². The molecule has 3 N–H and O–H groups in total. The maximum atomic E-state index is 8.37. The van der Waals surface area contributed by atoms with Crippen LogP contribution in [0.5, 0.6) is 5.75 Å². The van der Waals surface area contributed by atoms with Crippen LogP contribution in [-0.2, 0) is 0 Å². The number of hydrogen-bond acceptors (Lipinski definition) is 3. The highest BCUT2D eigenvalue weighted by Crippen LogP contribution is 2.11. The Morgan fingerprint density at radius 3 is 2.77 bits per heavy atom. The van der Waals surface area contributed by atoms with Gasteiger partial charge in [-0.1, -0.05) is 17.3 Å². The average molecular weight is 203 g/mol.